The number of aliphatic carboxylic acids is 1. The predicted molar refractivity (Wildman–Crippen MR) is 78.2 cm³/mol. The average molecular weight is 320 g/mol. The number of nitrogens with one attached hydrogen (secondary N) is 2. The van der Waals surface area contributed by atoms with E-state index in [1.165, 1.54) is 6.92 Å². The molecule has 0 aliphatic heterocycles. The third kappa shape index (κ3) is 5.62. The molecule has 3 unspecified atom stereocenters. The van der Waals surface area contributed by atoms with Crippen molar-refractivity contribution < 1.29 is 23.1 Å². The van der Waals surface area contributed by atoms with Crippen LogP contribution in [0.4, 0.5) is 0 Å². The van der Waals surface area contributed by atoms with Crippen molar-refractivity contribution in [2.75, 3.05) is 5.75 Å². The Morgan fingerprint density at radius 1 is 1.29 bits per heavy atom. The number of carbonyl (C=O) groups is 2. The van der Waals surface area contributed by atoms with Crippen LogP contribution in [0.15, 0.2) is 0 Å². The molecule has 0 heterocycles. The fourth-order valence-corrected chi connectivity index (χ4v) is 3.86. The lowest BCUT2D eigenvalue weighted by molar-refractivity contribution is -0.144. The molecule has 3 N–H and O–H groups in total. The van der Waals surface area contributed by atoms with Gasteiger partial charge in [-0.05, 0) is 26.2 Å². The van der Waals surface area contributed by atoms with Gasteiger partial charge in [-0.25, -0.2) is 13.1 Å². The maximum absolute atomic E-state index is 12.0. The summed E-state index contributed by atoms with van der Waals surface area (Å²) in [7, 11) is -3.47. The fraction of sp³-hybridized carbons (Fsp3) is 0.846. The molecule has 0 aromatic rings. The normalized spacial score (nSPS) is 24.3. The third-order valence-electron chi connectivity index (χ3n) is 3.63. The molecule has 1 amide bonds. The smallest absolute Gasteiger partial charge is 0.308 e. The van der Waals surface area contributed by atoms with E-state index in [0.717, 1.165) is 12.8 Å². The second kappa shape index (κ2) is 7.74. The minimum absolute atomic E-state index is 0.0359. The van der Waals surface area contributed by atoms with E-state index >= 15 is 0 Å². The number of amides is 1. The Hall–Kier alpha value is -1.15. The van der Waals surface area contributed by atoms with Gasteiger partial charge in [0.2, 0.25) is 15.9 Å². The number of rotatable bonds is 7. The summed E-state index contributed by atoms with van der Waals surface area (Å²) in [4.78, 5) is 23.2. The molecular formula is C13H24N2O5S. The number of sulfonamides is 1. The zero-order valence-corrected chi connectivity index (χ0v) is 13.3. The summed E-state index contributed by atoms with van der Waals surface area (Å²) in [6, 6.07) is -1.33. The number of carbonyl (C=O) groups excluding carboxylic acids is 1. The summed E-state index contributed by atoms with van der Waals surface area (Å²) >= 11 is 0. The van der Waals surface area contributed by atoms with Crippen LogP contribution in [0.25, 0.3) is 0 Å². The molecule has 1 fully saturated rings. The molecule has 8 heteroatoms. The standard InChI is InChI=1S/C13H24N2O5S/c1-3-8-21(19,20)15-9(2)12(16)14-11-7-5-4-6-10(11)13(17)18/h9-11,15H,3-8H2,1-2H3,(H,14,16)(H,17,18). The van der Waals surface area contributed by atoms with Crippen LogP contribution in [0.1, 0.15) is 46.0 Å². The van der Waals surface area contributed by atoms with Crippen molar-refractivity contribution in [1.82, 2.24) is 10.0 Å². The third-order valence-corrected chi connectivity index (χ3v) is 5.29. The van der Waals surface area contributed by atoms with Gasteiger partial charge >= 0.3 is 5.97 Å². The molecule has 1 aliphatic rings. The van der Waals surface area contributed by atoms with Crippen molar-refractivity contribution in [1.29, 1.82) is 0 Å². The Kier molecular flexibility index (Phi) is 6.60. The maximum Gasteiger partial charge on any atom is 0.308 e. The molecule has 0 radical (unpaired) electrons. The summed E-state index contributed by atoms with van der Waals surface area (Å²) in [5, 5.41) is 11.8. The second-order valence-electron chi connectivity index (χ2n) is 5.50. The first-order valence-electron chi connectivity index (χ1n) is 7.30. The highest BCUT2D eigenvalue weighted by molar-refractivity contribution is 7.89. The highest BCUT2D eigenvalue weighted by Gasteiger charge is 2.33. The summed E-state index contributed by atoms with van der Waals surface area (Å²) in [6.07, 6.45) is 3.31. The molecule has 0 bridgehead atoms. The number of hydrogen-bond donors (Lipinski definition) is 3. The zero-order valence-electron chi connectivity index (χ0n) is 12.5. The number of carboxylic acid groups (broad SMARTS) is 1. The van der Waals surface area contributed by atoms with E-state index in [2.05, 4.69) is 10.0 Å². The fourth-order valence-electron chi connectivity index (χ4n) is 2.56. The van der Waals surface area contributed by atoms with E-state index in [4.69, 9.17) is 5.11 Å². The Morgan fingerprint density at radius 2 is 1.90 bits per heavy atom. The number of carboxylic acids is 1. The van der Waals surface area contributed by atoms with Crippen LogP contribution in [-0.4, -0.2) is 43.2 Å². The Balaban J connectivity index is 2.60. The molecule has 0 spiro atoms. The van der Waals surface area contributed by atoms with Gasteiger partial charge in [0, 0.05) is 6.04 Å². The SMILES string of the molecule is CCCS(=O)(=O)NC(C)C(=O)NC1CCCCC1C(=O)O. The lowest BCUT2D eigenvalue weighted by Crippen LogP contribution is -2.52. The van der Waals surface area contributed by atoms with Crippen molar-refractivity contribution >= 4 is 21.9 Å². The van der Waals surface area contributed by atoms with Gasteiger partial charge in [-0.3, -0.25) is 9.59 Å². The molecule has 1 saturated carbocycles. The van der Waals surface area contributed by atoms with Gasteiger partial charge in [-0.2, -0.15) is 0 Å². The Morgan fingerprint density at radius 3 is 2.48 bits per heavy atom. The Labute approximate surface area is 125 Å². The molecule has 7 nitrogen and oxygen atoms in total. The lowest BCUT2D eigenvalue weighted by atomic mass is 9.84. The monoisotopic (exact) mass is 320 g/mol. The molecule has 3 atom stereocenters. The first kappa shape index (κ1) is 17.9. The zero-order chi connectivity index (χ0) is 16.0. The first-order chi connectivity index (χ1) is 9.76. The molecule has 0 saturated heterocycles. The van der Waals surface area contributed by atoms with Gasteiger partial charge in [0.1, 0.15) is 0 Å². The van der Waals surface area contributed by atoms with Crippen LogP contribution in [0.2, 0.25) is 0 Å². The van der Waals surface area contributed by atoms with Crippen LogP contribution in [0, 0.1) is 5.92 Å². The average Bonchev–Trinajstić information content (AvgIpc) is 2.38. The van der Waals surface area contributed by atoms with E-state index in [1.54, 1.807) is 6.92 Å². The van der Waals surface area contributed by atoms with Crippen molar-refractivity contribution in [3.8, 4) is 0 Å². The van der Waals surface area contributed by atoms with Gasteiger partial charge in [-0.1, -0.05) is 19.8 Å². The van der Waals surface area contributed by atoms with Crippen LogP contribution >= 0.6 is 0 Å². The van der Waals surface area contributed by atoms with Crippen LogP contribution in [0.3, 0.4) is 0 Å². The van der Waals surface area contributed by atoms with Gasteiger partial charge in [0.05, 0.1) is 17.7 Å². The molecule has 1 rings (SSSR count). The molecule has 1 aliphatic carbocycles. The number of hydrogen-bond acceptors (Lipinski definition) is 4. The molecule has 122 valence electrons. The molecular weight excluding hydrogens is 296 g/mol. The van der Waals surface area contributed by atoms with Gasteiger partial charge < -0.3 is 10.4 Å². The summed E-state index contributed by atoms with van der Waals surface area (Å²) in [5.74, 6) is -2.03. The maximum atomic E-state index is 12.0. The summed E-state index contributed by atoms with van der Waals surface area (Å²) in [5.41, 5.74) is 0. The first-order valence-corrected chi connectivity index (χ1v) is 8.95. The molecule has 21 heavy (non-hydrogen) atoms. The lowest BCUT2D eigenvalue weighted by Gasteiger charge is -2.30. The second-order valence-corrected chi connectivity index (χ2v) is 7.38. The van der Waals surface area contributed by atoms with Crippen molar-refractivity contribution in [3.05, 3.63) is 0 Å². The van der Waals surface area contributed by atoms with Crippen LogP contribution < -0.4 is 10.0 Å². The van der Waals surface area contributed by atoms with E-state index in [-0.39, 0.29) is 5.75 Å². The van der Waals surface area contributed by atoms with Gasteiger partial charge in [0.15, 0.2) is 0 Å². The van der Waals surface area contributed by atoms with Crippen molar-refractivity contribution in [2.24, 2.45) is 5.92 Å². The minimum atomic E-state index is -3.47. The summed E-state index contributed by atoms with van der Waals surface area (Å²) in [6.45, 7) is 3.20. The Bertz CT molecular complexity index is 477. The summed E-state index contributed by atoms with van der Waals surface area (Å²) < 4.78 is 25.6. The van der Waals surface area contributed by atoms with Crippen LogP contribution in [-0.2, 0) is 19.6 Å². The van der Waals surface area contributed by atoms with E-state index in [1.807, 2.05) is 0 Å². The highest BCUT2D eigenvalue weighted by atomic mass is 32.2. The molecule has 0 aromatic heterocycles. The molecule has 0 aromatic carbocycles. The van der Waals surface area contributed by atoms with Gasteiger partial charge in [0.25, 0.3) is 0 Å². The van der Waals surface area contributed by atoms with E-state index < -0.39 is 39.9 Å². The van der Waals surface area contributed by atoms with E-state index in [0.29, 0.717) is 19.3 Å². The van der Waals surface area contributed by atoms with E-state index in [9.17, 15) is 18.0 Å². The largest absolute Gasteiger partial charge is 0.481 e. The highest BCUT2D eigenvalue weighted by Crippen LogP contribution is 2.24. The van der Waals surface area contributed by atoms with Crippen molar-refractivity contribution in [3.63, 3.8) is 0 Å². The topological polar surface area (TPSA) is 113 Å². The van der Waals surface area contributed by atoms with Crippen LogP contribution in [0.5, 0.6) is 0 Å². The predicted octanol–water partition coefficient (Wildman–Crippen LogP) is 0.464. The van der Waals surface area contributed by atoms with Crippen molar-refractivity contribution in [2.45, 2.75) is 58.0 Å². The quantitative estimate of drug-likeness (QED) is 0.631. The van der Waals surface area contributed by atoms with Gasteiger partial charge in [-0.15, -0.1) is 0 Å². The minimum Gasteiger partial charge on any atom is -0.481 e.